The van der Waals surface area contributed by atoms with Crippen molar-refractivity contribution in [3.8, 4) is 22.6 Å². The second-order valence-corrected chi connectivity index (χ2v) is 13.1. The zero-order chi connectivity index (χ0) is 33.8. The first-order valence-corrected chi connectivity index (χ1v) is 15.6. The topological polar surface area (TPSA) is 187 Å². The van der Waals surface area contributed by atoms with E-state index >= 15 is 0 Å². The van der Waals surface area contributed by atoms with Crippen molar-refractivity contribution in [3.63, 3.8) is 0 Å². The summed E-state index contributed by atoms with van der Waals surface area (Å²) < 4.78 is 0. The van der Waals surface area contributed by atoms with Gasteiger partial charge in [0, 0.05) is 12.5 Å². The summed E-state index contributed by atoms with van der Waals surface area (Å²) in [6.45, 7) is 1.37. The lowest BCUT2D eigenvalue weighted by Gasteiger charge is -2.52. The summed E-state index contributed by atoms with van der Waals surface area (Å²) in [6, 6.07) is 16.8. The van der Waals surface area contributed by atoms with Gasteiger partial charge in [-0.3, -0.25) is 28.9 Å². The van der Waals surface area contributed by atoms with E-state index < -0.39 is 64.4 Å². The molecule has 0 radical (unpaired) electrons. The van der Waals surface area contributed by atoms with E-state index in [4.69, 9.17) is 5.73 Å². The van der Waals surface area contributed by atoms with Crippen molar-refractivity contribution in [2.75, 3.05) is 20.6 Å². The van der Waals surface area contributed by atoms with Crippen molar-refractivity contribution in [2.45, 2.75) is 37.5 Å². The Hall–Kier alpha value is -4.71. The number of phenolic OH excluding ortho intramolecular Hbond substituents is 2. The molecule has 2 saturated carbocycles. The lowest BCUT2D eigenvalue weighted by Crippen LogP contribution is -2.74. The molecule has 3 aromatic carbocycles. The molecule has 3 aliphatic rings. The van der Waals surface area contributed by atoms with Gasteiger partial charge in [0.2, 0.25) is 5.91 Å². The Morgan fingerprint density at radius 3 is 2.23 bits per heavy atom. The molecule has 0 heterocycles. The average molecular weight is 640 g/mol. The fourth-order valence-corrected chi connectivity index (χ4v) is 7.81. The lowest BCUT2D eigenvalue weighted by atomic mass is 9.52. The van der Waals surface area contributed by atoms with E-state index in [0.717, 1.165) is 29.7 Å². The quantitative estimate of drug-likeness (QED) is 0.179. The highest BCUT2D eigenvalue weighted by atomic mass is 16.3. The number of ketones is 4. The molecule has 3 aromatic rings. The minimum Gasteiger partial charge on any atom is -0.508 e. The van der Waals surface area contributed by atoms with Crippen LogP contribution in [0.5, 0.6) is 11.5 Å². The van der Waals surface area contributed by atoms with Crippen molar-refractivity contribution >= 4 is 29.0 Å². The second-order valence-electron chi connectivity index (χ2n) is 13.1. The summed E-state index contributed by atoms with van der Waals surface area (Å²) >= 11 is 0. The number of Topliss-reactive ketones (excluding diaryl/α,β-unsaturated/α-hetero) is 4. The largest absolute Gasteiger partial charge is 0.508 e. The Bertz CT molecular complexity index is 1780. The van der Waals surface area contributed by atoms with Crippen LogP contribution in [0.3, 0.4) is 0 Å². The molecule has 6 N–H and O–H groups in total. The molecule has 1 amide bonds. The molecule has 11 nitrogen and oxygen atoms in total. The van der Waals surface area contributed by atoms with Crippen LogP contribution in [0.1, 0.15) is 33.5 Å². The van der Waals surface area contributed by atoms with E-state index in [0.29, 0.717) is 17.7 Å². The molecule has 11 heteroatoms. The Morgan fingerprint density at radius 1 is 0.936 bits per heavy atom. The number of amides is 1. The van der Waals surface area contributed by atoms with E-state index in [2.05, 4.69) is 5.32 Å². The molecule has 0 aliphatic heterocycles. The maximum absolute atomic E-state index is 14.0. The van der Waals surface area contributed by atoms with Gasteiger partial charge in [0.25, 0.3) is 0 Å². The van der Waals surface area contributed by atoms with Crippen LogP contribution in [0.25, 0.3) is 11.1 Å². The molecule has 0 aromatic heterocycles. The number of aliphatic hydroxyl groups is 1. The monoisotopic (exact) mass is 639 g/mol. The summed E-state index contributed by atoms with van der Waals surface area (Å²) in [5, 5.41) is 35.5. The minimum atomic E-state index is -2.75. The molecule has 2 unspecified atom stereocenters. The van der Waals surface area contributed by atoms with Gasteiger partial charge in [0.05, 0.1) is 17.5 Å². The highest BCUT2D eigenvalue weighted by Gasteiger charge is 2.69. The fourth-order valence-electron chi connectivity index (χ4n) is 7.81. The van der Waals surface area contributed by atoms with Crippen LogP contribution >= 0.6 is 0 Å². The van der Waals surface area contributed by atoms with Gasteiger partial charge < -0.3 is 26.4 Å². The Kier molecular flexibility index (Phi) is 8.33. The highest BCUT2D eigenvalue weighted by molar-refractivity contribution is 6.32. The van der Waals surface area contributed by atoms with Gasteiger partial charge in [0.15, 0.2) is 34.7 Å². The summed E-state index contributed by atoms with van der Waals surface area (Å²) in [5.41, 5.74) is 6.81. The first kappa shape index (κ1) is 32.2. The van der Waals surface area contributed by atoms with Gasteiger partial charge in [-0.25, -0.2) is 0 Å². The first-order chi connectivity index (χ1) is 22.3. The normalized spacial score (nSPS) is 26.9. The summed E-state index contributed by atoms with van der Waals surface area (Å²) in [6.07, 6.45) is 0.988. The predicted octanol–water partition coefficient (Wildman–Crippen LogP) is 1.57. The van der Waals surface area contributed by atoms with E-state index in [1.165, 1.54) is 11.0 Å². The number of nitrogens with one attached hydrogen (secondary N) is 1. The number of hydrogen-bond donors (Lipinski definition) is 5. The number of nitrogens with zero attached hydrogens (tertiary/aromatic N) is 1. The smallest absolute Gasteiger partial charge is 0.235 e. The summed E-state index contributed by atoms with van der Waals surface area (Å²) in [5.74, 6) is -10.4. The van der Waals surface area contributed by atoms with E-state index in [9.17, 15) is 39.3 Å². The number of primary amides is 1. The molecular formula is C36H37N3O8. The number of benzene rings is 3. The first-order valence-electron chi connectivity index (χ1n) is 15.6. The molecule has 47 heavy (non-hydrogen) atoms. The van der Waals surface area contributed by atoms with Crippen LogP contribution in [0.2, 0.25) is 0 Å². The van der Waals surface area contributed by atoms with Crippen molar-refractivity contribution < 1.29 is 39.3 Å². The van der Waals surface area contributed by atoms with Crippen LogP contribution in [0.15, 0.2) is 60.7 Å². The maximum Gasteiger partial charge on any atom is 0.235 e. The average Bonchev–Trinajstić information content (AvgIpc) is 3.02. The van der Waals surface area contributed by atoms with Crippen molar-refractivity contribution in [3.05, 3.63) is 82.9 Å². The van der Waals surface area contributed by atoms with Crippen LogP contribution in [-0.4, -0.2) is 81.5 Å². The number of phenols is 2. The maximum atomic E-state index is 14.0. The third-order valence-electron chi connectivity index (χ3n) is 10.1. The zero-order valence-electron chi connectivity index (χ0n) is 26.1. The number of carbonyl (C=O) groups excluding carboxylic acids is 5. The van der Waals surface area contributed by atoms with Gasteiger partial charge in [-0.05, 0) is 91.8 Å². The van der Waals surface area contributed by atoms with Crippen LogP contribution in [-0.2, 0) is 38.6 Å². The number of fused-ring (bicyclic) bond motifs is 3. The number of aromatic hydroxyl groups is 2. The van der Waals surface area contributed by atoms with Crippen LogP contribution in [0.4, 0.5) is 0 Å². The Labute approximate surface area is 271 Å². The Morgan fingerprint density at radius 2 is 1.60 bits per heavy atom. The molecule has 6 atom stereocenters. The SMILES string of the molecule is CN(C)[C@H]1C(=O)C(C(N)=O)C(=O)[C@]2(O)C(=O)C3C(=O)c4c(O)ccc(-c5ccc(CNCCc6ccc(O)cc6)cc5)c4C[C@@H]3C[C@H]12. The molecule has 0 spiro atoms. The van der Waals surface area contributed by atoms with E-state index in [1.807, 2.05) is 36.4 Å². The van der Waals surface area contributed by atoms with Gasteiger partial charge in [-0.15, -0.1) is 0 Å². The fraction of sp³-hybridized carbons (Fsp3) is 0.361. The summed E-state index contributed by atoms with van der Waals surface area (Å²) in [7, 11) is 3.11. The molecule has 2 fully saturated rings. The molecule has 0 saturated heterocycles. The number of carbonyl (C=O) groups is 5. The van der Waals surface area contributed by atoms with Crippen molar-refractivity contribution in [1.82, 2.24) is 10.2 Å². The van der Waals surface area contributed by atoms with Crippen LogP contribution in [0, 0.1) is 23.7 Å². The van der Waals surface area contributed by atoms with E-state index in [1.54, 1.807) is 32.3 Å². The van der Waals surface area contributed by atoms with Crippen molar-refractivity contribution in [2.24, 2.45) is 29.4 Å². The van der Waals surface area contributed by atoms with Crippen molar-refractivity contribution in [1.29, 1.82) is 0 Å². The Balaban J connectivity index is 1.27. The zero-order valence-corrected chi connectivity index (χ0v) is 26.1. The second kappa shape index (κ2) is 12.1. The standard InChI is InChI=1S/C36H37N3O8/c1-39(2)30-25-16-21-15-24-23(20-7-3-19(4-8-20)17-38-14-13-18-5-9-22(40)10-6-18)11-12-26(41)28(24)31(42)27(21)33(44)36(25,47)34(45)29(32(30)43)35(37)46/h3-12,21,25,27,29-30,38,40-41,47H,13-17H2,1-2H3,(H2,37,46)/t21-,25-,27?,29?,30-,36-/m1/s1. The third kappa shape index (κ3) is 5.34. The van der Waals surface area contributed by atoms with Crippen LogP contribution < -0.4 is 11.1 Å². The van der Waals surface area contributed by atoms with E-state index in [-0.39, 0.29) is 29.9 Å². The summed E-state index contributed by atoms with van der Waals surface area (Å²) in [4.78, 5) is 68.4. The lowest BCUT2D eigenvalue weighted by molar-refractivity contribution is -0.181. The van der Waals surface area contributed by atoms with Gasteiger partial charge in [-0.2, -0.15) is 0 Å². The number of nitrogens with two attached hydrogens (primary N) is 1. The van der Waals surface area contributed by atoms with Gasteiger partial charge >= 0.3 is 0 Å². The molecule has 0 bridgehead atoms. The van der Waals surface area contributed by atoms with Gasteiger partial charge in [0.1, 0.15) is 11.5 Å². The number of rotatable bonds is 8. The molecule has 3 aliphatic carbocycles. The molecule has 244 valence electrons. The molecular weight excluding hydrogens is 602 g/mol. The third-order valence-corrected chi connectivity index (χ3v) is 10.1. The molecule has 6 rings (SSSR count). The number of hydrogen-bond acceptors (Lipinski definition) is 10. The predicted molar refractivity (Wildman–Crippen MR) is 170 cm³/mol. The number of likely N-dealkylation sites (N-methyl/N-ethyl adjacent to an activating group) is 1. The van der Waals surface area contributed by atoms with Gasteiger partial charge in [-0.1, -0.05) is 42.5 Å². The highest BCUT2D eigenvalue weighted by Crippen LogP contribution is 2.51. The minimum absolute atomic E-state index is 0.00621.